The molecule has 1 amide bonds. The molecule has 1 atom stereocenters. The molecule has 0 aromatic heterocycles. The molecule has 0 spiro atoms. The van der Waals surface area contributed by atoms with Crippen LogP contribution in [0.2, 0.25) is 0 Å². The summed E-state index contributed by atoms with van der Waals surface area (Å²) in [4.78, 5) is 17.4. The normalized spacial score (nSPS) is 19.1. The van der Waals surface area contributed by atoms with Crippen molar-refractivity contribution in [1.29, 1.82) is 0 Å². The van der Waals surface area contributed by atoms with Gasteiger partial charge < -0.3 is 14.5 Å². The maximum absolute atomic E-state index is 13.4. The second-order valence-corrected chi connectivity index (χ2v) is 6.79. The molecular formula is C22H29N3O2. The zero-order valence-electron chi connectivity index (χ0n) is 16.4. The average molecular weight is 367 g/mol. The Morgan fingerprint density at radius 2 is 1.70 bits per heavy atom. The highest BCUT2D eigenvalue weighted by molar-refractivity contribution is 6.02. The van der Waals surface area contributed by atoms with E-state index >= 15 is 0 Å². The predicted molar refractivity (Wildman–Crippen MR) is 109 cm³/mol. The highest BCUT2D eigenvalue weighted by atomic mass is 16.5. The Hall–Kier alpha value is -2.37. The minimum absolute atomic E-state index is 0.102. The SMILES string of the molecule is CCN(CC)CCCNC1(c2ccccc2)Oc2ccccc2N(C)C1=O. The van der Waals surface area contributed by atoms with Gasteiger partial charge in [-0.3, -0.25) is 10.1 Å². The summed E-state index contributed by atoms with van der Waals surface area (Å²) in [7, 11) is 1.80. The zero-order valence-corrected chi connectivity index (χ0v) is 16.4. The van der Waals surface area contributed by atoms with Crippen LogP contribution < -0.4 is 15.0 Å². The number of nitrogens with zero attached hydrogens (tertiary/aromatic N) is 2. The first kappa shape index (κ1) is 19.4. The van der Waals surface area contributed by atoms with E-state index in [2.05, 4.69) is 24.1 Å². The van der Waals surface area contributed by atoms with Gasteiger partial charge in [0.25, 0.3) is 11.6 Å². The van der Waals surface area contributed by atoms with Crippen molar-refractivity contribution >= 4 is 11.6 Å². The van der Waals surface area contributed by atoms with Crippen LogP contribution in [0.25, 0.3) is 0 Å². The summed E-state index contributed by atoms with van der Waals surface area (Å²) in [5.41, 5.74) is 0.409. The van der Waals surface area contributed by atoms with E-state index in [9.17, 15) is 4.79 Å². The summed E-state index contributed by atoms with van der Waals surface area (Å²) >= 11 is 0. The highest BCUT2D eigenvalue weighted by Crippen LogP contribution is 2.40. The smallest absolute Gasteiger partial charge is 0.291 e. The Balaban J connectivity index is 1.87. The third-order valence-electron chi connectivity index (χ3n) is 5.20. The highest BCUT2D eigenvalue weighted by Gasteiger charge is 2.48. The molecule has 3 rings (SSSR count). The van der Waals surface area contributed by atoms with E-state index in [4.69, 9.17) is 4.74 Å². The molecule has 5 nitrogen and oxygen atoms in total. The van der Waals surface area contributed by atoms with Crippen molar-refractivity contribution in [2.45, 2.75) is 26.0 Å². The number of hydrogen-bond donors (Lipinski definition) is 1. The van der Waals surface area contributed by atoms with Gasteiger partial charge in [-0.15, -0.1) is 0 Å². The third-order valence-corrected chi connectivity index (χ3v) is 5.20. The van der Waals surface area contributed by atoms with Gasteiger partial charge in [-0.2, -0.15) is 0 Å². The van der Waals surface area contributed by atoms with Crippen LogP contribution in [0, 0.1) is 0 Å². The van der Waals surface area contributed by atoms with Gasteiger partial charge in [-0.1, -0.05) is 56.3 Å². The molecule has 0 fully saturated rings. The van der Waals surface area contributed by atoms with Gasteiger partial charge >= 0.3 is 0 Å². The number of rotatable bonds is 8. The van der Waals surface area contributed by atoms with Gasteiger partial charge in [-0.25, -0.2) is 0 Å². The van der Waals surface area contributed by atoms with E-state index < -0.39 is 5.72 Å². The quantitative estimate of drug-likeness (QED) is 0.728. The Kier molecular flexibility index (Phi) is 6.14. The van der Waals surface area contributed by atoms with Crippen molar-refractivity contribution in [3.8, 4) is 5.75 Å². The Bertz CT molecular complexity index is 761. The van der Waals surface area contributed by atoms with E-state index in [1.54, 1.807) is 11.9 Å². The minimum Gasteiger partial charge on any atom is -0.457 e. The number of anilines is 1. The van der Waals surface area contributed by atoms with Crippen LogP contribution in [0.1, 0.15) is 25.8 Å². The lowest BCUT2D eigenvalue weighted by atomic mass is 9.98. The van der Waals surface area contributed by atoms with Crippen molar-refractivity contribution in [3.05, 3.63) is 60.2 Å². The molecule has 5 heteroatoms. The monoisotopic (exact) mass is 367 g/mol. The molecule has 27 heavy (non-hydrogen) atoms. The number of hydrogen-bond acceptors (Lipinski definition) is 4. The molecule has 0 saturated heterocycles. The van der Waals surface area contributed by atoms with Gasteiger partial charge in [0, 0.05) is 19.2 Å². The van der Waals surface area contributed by atoms with Crippen molar-refractivity contribution in [1.82, 2.24) is 10.2 Å². The number of likely N-dealkylation sites (N-methyl/N-ethyl adjacent to an activating group) is 1. The molecule has 1 unspecified atom stereocenters. The van der Waals surface area contributed by atoms with Crippen LogP contribution in [0.5, 0.6) is 5.75 Å². The van der Waals surface area contributed by atoms with Crippen LogP contribution in [0.15, 0.2) is 54.6 Å². The van der Waals surface area contributed by atoms with E-state index in [0.717, 1.165) is 37.3 Å². The lowest BCUT2D eigenvalue weighted by Gasteiger charge is -2.42. The van der Waals surface area contributed by atoms with Crippen LogP contribution >= 0.6 is 0 Å². The number of carbonyl (C=O) groups excluding carboxylic acids is 1. The van der Waals surface area contributed by atoms with Crippen LogP contribution in [-0.4, -0.2) is 44.0 Å². The third kappa shape index (κ3) is 3.84. The standard InChI is InChI=1S/C22H29N3O2/c1-4-25(5-2)17-11-16-23-22(18-12-7-6-8-13-18)21(26)24(3)19-14-9-10-15-20(19)27-22/h6-10,12-15,23H,4-5,11,16-17H2,1-3H3. The van der Waals surface area contributed by atoms with Crippen LogP contribution in [0.4, 0.5) is 5.69 Å². The Morgan fingerprint density at radius 3 is 2.41 bits per heavy atom. The molecule has 0 aliphatic carbocycles. The van der Waals surface area contributed by atoms with Gasteiger partial charge in [0.2, 0.25) is 0 Å². The van der Waals surface area contributed by atoms with Gasteiger partial charge in [0.05, 0.1) is 5.69 Å². The van der Waals surface area contributed by atoms with E-state index in [0.29, 0.717) is 12.3 Å². The molecule has 1 aliphatic heterocycles. The second-order valence-electron chi connectivity index (χ2n) is 6.79. The summed E-state index contributed by atoms with van der Waals surface area (Å²) in [6.45, 7) is 8.08. The average Bonchev–Trinajstić information content (AvgIpc) is 2.72. The Morgan fingerprint density at radius 1 is 1.04 bits per heavy atom. The van der Waals surface area contributed by atoms with Crippen molar-refractivity contribution < 1.29 is 9.53 Å². The molecule has 0 bridgehead atoms. The maximum Gasteiger partial charge on any atom is 0.291 e. The van der Waals surface area contributed by atoms with Crippen molar-refractivity contribution in [2.75, 3.05) is 38.1 Å². The molecule has 1 N–H and O–H groups in total. The number of para-hydroxylation sites is 2. The Labute approximate surface area is 161 Å². The van der Waals surface area contributed by atoms with E-state index in [-0.39, 0.29) is 5.91 Å². The van der Waals surface area contributed by atoms with Gasteiger partial charge in [0.15, 0.2) is 0 Å². The number of carbonyl (C=O) groups is 1. The molecule has 2 aromatic rings. The van der Waals surface area contributed by atoms with Gasteiger partial charge in [0.1, 0.15) is 5.75 Å². The van der Waals surface area contributed by atoms with Crippen molar-refractivity contribution in [2.24, 2.45) is 0 Å². The molecule has 0 radical (unpaired) electrons. The summed E-state index contributed by atoms with van der Waals surface area (Å²) in [6.07, 6.45) is 0.943. The fourth-order valence-electron chi connectivity index (χ4n) is 3.55. The summed E-state index contributed by atoms with van der Waals surface area (Å²) in [6, 6.07) is 17.4. The summed E-state index contributed by atoms with van der Waals surface area (Å²) in [5.74, 6) is 0.606. The van der Waals surface area contributed by atoms with Crippen LogP contribution in [0.3, 0.4) is 0 Å². The van der Waals surface area contributed by atoms with Crippen LogP contribution in [-0.2, 0) is 10.5 Å². The first-order chi connectivity index (χ1) is 13.1. The van der Waals surface area contributed by atoms with E-state index in [1.165, 1.54) is 0 Å². The topological polar surface area (TPSA) is 44.8 Å². The number of fused-ring (bicyclic) bond motifs is 1. The first-order valence-corrected chi connectivity index (χ1v) is 9.71. The lowest BCUT2D eigenvalue weighted by Crippen LogP contribution is -2.61. The predicted octanol–water partition coefficient (Wildman–Crippen LogP) is 3.22. The molecule has 0 saturated carbocycles. The molecule has 2 aromatic carbocycles. The fourth-order valence-corrected chi connectivity index (χ4v) is 3.55. The molecule has 1 heterocycles. The molecular weight excluding hydrogens is 338 g/mol. The first-order valence-electron chi connectivity index (χ1n) is 9.71. The van der Waals surface area contributed by atoms with Crippen molar-refractivity contribution in [3.63, 3.8) is 0 Å². The number of benzene rings is 2. The summed E-state index contributed by atoms with van der Waals surface area (Å²) < 4.78 is 6.33. The minimum atomic E-state index is -1.20. The van der Waals surface area contributed by atoms with Gasteiger partial charge in [-0.05, 0) is 38.2 Å². The number of nitrogens with one attached hydrogen (secondary N) is 1. The largest absolute Gasteiger partial charge is 0.457 e. The number of ether oxygens (including phenoxy) is 1. The zero-order chi connectivity index (χ0) is 19.3. The van der Waals surface area contributed by atoms with E-state index in [1.807, 2.05) is 54.6 Å². The number of amides is 1. The fraction of sp³-hybridized carbons (Fsp3) is 0.409. The molecule has 1 aliphatic rings. The summed E-state index contributed by atoms with van der Waals surface area (Å²) in [5, 5.41) is 3.44. The lowest BCUT2D eigenvalue weighted by molar-refractivity contribution is -0.139. The maximum atomic E-state index is 13.4. The second kappa shape index (κ2) is 8.55. The molecule has 144 valence electrons.